The minimum atomic E-state index is 0.786. The van der Waals surface area contributed by atoms with Crippen molar-refractivity contribution in [2.45, 2.75) is 0 Å². The van der Waals surface area contributed by atoms with Crippen LogP contribution in [0.4, 0.5) is 5.82 Å². The van der Waals surface area contributed by atoms with Gasteiger partial charge in [-0.15, -0.1) is 15.3 Å². The van der Waals surface area contributed by atoms with Crippen molar-refractivity contribution in [3.05, 3.63) is 30.6 Å². The highest BCUT2D eigenvalue weighted by Gasteiger charge is 2.08. The van der Waals surface area contributed by atoms with Crippen LogP contribution in [0.1, 0.15) is 0 Å². The molecule has 1 N–H and O–H groups in total. The van der Waals surface area contributed by atoms with Gasteiger partial charge in [-0.1, -0.05) is 24.3 Å². The normalized spacial score (nSPS) is 11.5. The van der Waals surface area contributed by atoms with Gasteiger partial charge in [-0.3, -0.25) is 0 Å². The third kappa shape index (κ3) is 2.22. The molecule has 6 nitrogen and oxygen atoms in total. The number of likely N-dealkylation sites (N-methyl/N-ethyl adjacent to an activating group) is 1. The Hall–Kier alpha value is -2.21. The van der Waals surface area contributed by atoms with Gasteiger partial charge in [-0.25, -0.2) is 0 Å². The van der Waals surface area contributed by atoms with Crippen molar-refractivity contribution in [3.63, 3.8) is 0 Å². The van der Waals surface area contributed by atoms with Crippen molar-refractivity contribution in [3.8, 4) is 0 Å². The van der Waals surface area contributed by atoms with Gasteiger partial charge in [0.2, 0.25) is 0 Å². The van der Waals surface area contributed by atoms with Gasteiger partial charge < -0.3 is 10.2 Å². The van der Waals surface area contributed by atoms with E-state index >= 15 is 0 Å². The maximum Gasteiger partial charge on any atom is 0.185 e. The van der Waals surface area contributed by atoms with Gasteiger partial charge in [0.25, 0.3) is 0 Å². The first kappa shape index (κ1) is 11.9. The van der Waals surface area contributed by atoms with E-state index in [1.165, 1.54) is 0 Å². The Morgan fingerprint density at radius 3 is 2.79 bits per heavy atom. The number of hydrogen-bond donors (Lipinski definition) is 1. The summed E-state index contributed by atoms with van der Waals surface area (Å²) in [6, 6.07) is 8.10. The van der Waals surface area contributed by atoms with Crippen LogP contribution in [0.25, 0.3) is 16.4 Å². The number of anilines is 1. The standard InChI is InChI=1S/C13H16N6/c1-18(2)8-7-14-12-10-5-3-4-6-11(10)13-16-15-9-19(13)17-12/h3-6,9H,7-8H2,1-2H3,(H,14,17). The van der Waals surface area contributed by atoms with Crippen LogP contribution in [-0.2, 0) is 0 Å². The molecule has 1 aromatic carbocycles. The first-order chi connectivity index (χ1) is 9.25. The number of nitrogens with zero attached hydrogens (tertiary/aromatic N) is 5. The summed E-state index contributed by atoms with van der Waals surface area (Å²) in [6.45, 7) is 1.80. The van der Waals surface area contributed by atoms with E-state index in [-0.39, 0.29) is 0 Å². The molecule has 0 atom stereocenters. The van der Waals surface area contributed by atoms with Crippen molar-refractivity contribution in [2.75, 3.05) is 32.5 Å². The summed E-state index contributed by atoms with van der Waals surface area (Å²) in [4.78, 5) is 2.13. The van der Waals surface area contributed by atoms with Crippen molar-refractivity contribution in [1.82, 2.24) is 24.7 Å². The summed E-state index contributed by atoms with van der Waals surface area (Å²) in [5, 5.41) is 18.0. The summed E-state index contributed by atoms with van der Waals surface area (Å²) in [7, 11) is 4.10. The van der Waals surface area contributed by atoms with E-state index in [0.29, 0.717) is 0 Å². The highest BCUT2D eigenvalue weighted by Crippen LogP contribution is 2.23. The Morgan fingerprint density at radius 1 is 1.21 bits per heavy atom. The Morgan fingerprint density at radius 2 is 2.00 bits per heavy atom. The third-order valence-electron chi connectivity index (χ3n) is 3.01. The van der Waals surface area contributed by atoms with Crippen LogP contribution in [0.2, 0.25) is 0 Å². The lowest BCUT2D eigenvalue weighted by atomic mass is 10.2. The number of benzene rings is 1. The van der Waals surface area contributed by atoms with Crippen molar-refractivity contribution in [1.29, 1.82) is 0 Å². The summed E-state index contributed by atoms with van der Waals surface area (Å²) < 4.78 is 1.71. The first-order valence-electron chi connectivity index (χ1n) is 6.23. The molecule has 0 aliphatic rings. The molecular weight excluding hydrogens is 240 g/mol. The monoisotopic (exact) mass is 256 g/mol. The average molecular weight is 256 g/mol. The highest BCUT2D eigenvalue weighted by atomic mass is 15.4. The molecule has 0 aliphatic carbocycles. The molecule has 3 rings (SSSR count). The molecule has 6 heteroatoms. The number of fused-ring (bicyclic) bond motifs is 3. The van der Waals surface area contributed by atoms with Crippen molar-refractivity contribution in [2.24, 2.45) is 0 Å². The fourth-order valence-electron chi connectivity index (χ4n) is 2.06. The molecule has 2 aromatic heterocycles. The predicted octanol–water partition coefficient (Wildman–Crippen LogP) is 1.25. The quantitative estimate of drug-likeness (QED) is 0.761. The molecule has 19 heavy (non-hydrogen) atoms. The third-order valence-corrected chi connectivity index (χ3v) is 3.01. The molecule has 0 spiro atoms. The van der Waals surface area contributed by atoms with Gasteiger partial charge in [0.15, 0.2) is 11.5 Å². The second-order valence-corrected chi connectivity index (χ2v) is 4.72. The van der Waals surface area contributed by atoms with E-state index in [1.807, 2.05) is 18.2 Å². The number of hydrogen-bond acceptors (Lipinski definition) is 5. The van der Waals surface area contributed by atoms with E-state index < -0.39 is 0 Å². The highest BCUT2D eigenvalue weighted by molar-refractivity contribution is 5.99. The topological polar surface area (TPSA) is 58.4 Å². The SMILES string of the molecule is CN(C)CCNc1nn2cnnc2c2ccccc12. The van der Waals surface area contributed by atoms with Gasteiger partial charge in [-0.05, 0) is 14.1 Å². The molecule has 0 saturated carbocycles. The fourth-order valence-corrected chi connectivity index (χ4v) is 2.06. The molecule has 0 fully saturated rings. The average Bonchev–Trinajstić information content (AvgIpc) is 2.87. The van der Waals surface area contributed by atoms with E-state index in [1.54, 1.807) is 10.8 Å². The molecule has 0 amide bonds. The summed E-state index contributed by atoms with van der Waals surface area (Å²) >= 11 is 0. The zero-order valence-corrected chi connectivity index (χ0v) is 11.0. The van der Waals surface area contributed by atoms with Gasteiger partial charge in [-0.2, -0.15) is 4.52 Å². The first-order valence-corrected chi connectivity index (χ1v) is 6.23. The summed E-state index contributed by atoms with van der Waals surface area (Å²) in [6.07, 6.45) is 1.62. The number of nitrogens with one attached hydrogen (secondary N) is 1. The molecular formula is C13H16N6. The lowest BCUT2D eigenvalue weighted by Gasteiger charge is -2.12. The zero-order valence-electron chi connectivity index (χ0n) is 11.0. The van der Waals surface area contributed by atoms with Crippen molar-refractivity contribution < 1.29 is 0 Å². The molecule has 3 aromatic rings. The molecule has 98 valence electrons. The minimum absolute atomic E-state index is 0.786. The number of rotatable bonds is 4. The lowest BCUT2D eigenvalue weighted by molar-refractivity contribution is 0.425. The Kier molecular flexibility index (Phi) is 3.00. The second-order valence-electron chi connectivity index (χ2n) is 4.72. The lowest BCUT2D eigenvalue weighted by Crippen LogP contribution is -2.21. The van der Waals surface area contributed by atoms with Gasteiger partial charge >= 0.3 is 0 Å². The zero-order chi connectivity index (χ0) is 13.2. The van der Waals surface area contributed by atoms with Gasteiger partial charge in [0.1, 0.15) is 6.33 Å². The largest absolute Gasteiger partial charge is 0.367 e. The van der Waals surface area contributed by atoms with Crippen LogP contribution in [-0.4, -0.2) is 51.9 Å². The Bertz CT molecular complexity index is 702. The van der Waals surface area contributed by atoms with Gasteiger partial charge in [0.05, 0.1) is 0 Å². The van der Waals surface area contributed by atoms with E-state index in [0.717, 1.165) is 35.3 Å². The molecule has 0 bridgehead atoms. The molecule has 0 unspecified atom stereocenters. The van der Waals surface area contributed by atoms with Gasteiger partial charge in [0, 0.05) is 23.9 Å². The van der Waals surface area contributed by atoms with E-state index in [4.69, 9.17) is 0 Å². The predicted molar refractivity (Wildman–Crippen MR) is 75.3 cm³/mol. The maximum atomic E-state index is 4.52. The molecule has 0 radical (unpaired) electrons. The second kappa shape index (κ2) is 4.81. The van der Waals surface area contributed by atoms with Crippen LogP contribution in [0.15, 0.2) is 30.6 Å². The summed E-state index contributed by atoms with van der Waals surface area (Å²) in [5.74, 6) is 0.866. The molecule has 2 heterocycles. The number of aromatic nitrogens is 4. The van der Waals surface area contributed by atoms with Crippen LogP contribution in [0.5, 0.6) is 0 Å². The van der Waals surface area contributed by atoms with Crippen LogP contribution in [0.3, 0.4) is 0 Å². The van der Waals surface area contributed by atoms with Crippen LogP contribution in [0, 0.1) is 0 Å². The maximum absolute atomic E-state index is 4.52. The van der Waals surface area contributed by atoms with E-state index in [9.17, 15) is 0 Å². The minimum Gasteiger partial charge on any atom is -0.367 e. The van der Waals surface area contributed by atoms with E-state index in [2.05, 4.69) is 45.7 Å². The van der Waals surface area contributed by atoms with Crippen LogP contribution >= 0.6 is 0 Å². The Balaban J connectivity index is 2.05. The summed E-state index contributed by atoms with van der Waals surface area (Å²) in [5.41, 5.74) is 0.786. The molecule has 0 aliphatic heterocycles. The fraction of sp³-hybridized carbons (Fsp3) is 0.308. The van der Waals surface area contributed by atoms with Crippen LogP contribution < -0.4 is 5.32 Å². The smallest absolute Gasteiger partial charge is 0.185 e. The van der Waals surface area contributed by atoms with Crippen molar-refractivity contribution >= 4 is 22.2 Å². The Labute approximate surface area is 111 Å². The molecule has 0 saturated heterocycles.